The van der Waals surface area contributed by atoms with Crippen LogP contribution in [-0.4, -0.2) is 66.4 Å². The van der Waals surface area contributed by atoms with Gasteiger partial charge in [-0.05, 0) is 39.3 Å². The highest BCUT2D eigenvalue weighted by Gasteiger charge is 1.93. The molecule has 0 fully saturated rings. The van der Waals surface area contributed by atoms with Gasteiger partial charge in [-0.15, -0.1) is 0 Å². The molecular formula is C16H35NO4. The third-order valence-electron chi connectivity index (χ3n) is 2.97. The fraction of sp³-hybridized carbons (Fsp3) is 1.00. The molecule has 0 saturated carbocycles. The molecular weight excluding hydrogens is 270 g/mol. The number of rotatable bonds is 18. The molecule has 0 amide bonds. The van der Waals surface area contributed by atoms with Crippen LogP contribution < -0.4 is 5.32 Å². The summed E-state index contributed by atoms with van der Waals surface area (Å²) in [6, 6.07) is 0. The highest BCUT2D eigenvalue weighted by atomic mass is 16.6. The van der Waals surface area contributed by atoms with Gasteiger partial charge in [0.2, 0.25) is 0 Å². The van der Waals surface area contributed by atoms with Crippen molar-refractivity contribution in [1.82, 2.24) is 5.32 Å². The van der Waals surface area contributed by atoms with Crippen molar-refractivity contribution in [1.29, 1.82) is 0 Å². The van der Waals surface area contributed by atoms with Gasteiger partial charge in [0.05, 0.1) is 39.6 Å². The first-order valence-electron chi connectivity index (χ1n) is 8.37. The van der Waals surface area contributed by atoms with Crippen molar-refractivity contribution in [3.8, 4) is 0 Å². The summed E-state index contributed by atoms with van der Waals surface area (Å²) >= 11 is 0. The smallest absolute Gasteiger partial charge is 0.0701 e. The zero-order chi connectivity index (χ0) is 15.4. The van der Waals surface area contributed by atoms with Gasteiger partial charge in [-0.25, -0.2) is 0 Å². The summed E-state index contributed by atoms with van der Waals surface area (Å²) in [5.74, 6) is 0. The molecule has 0 atom stereocenters. The maximum atomic E-state index is 5.49. The van der Waals surface area contributed by atoms with E-state index in [1.165, 1.54) is 19.3 Å². The minimum atomic E-state index is 0.625. The van der Waals surface area contributed by atoms with Crippen LogP contribution in [0.4, 0.5) is 0 Å². The van der Waals surface area contributed by atoms with E-state index in [0.717, 1.165) is 32.6 Å². The van der Waals surface area contributed by atoms with E-state index in [1.807, 2.05) is 7.05 Å². The predicted molar refractivity (Wildman–Crippen MR) is 86.0 cm³/mol. The zero-order valence-electron chi connectivity index (χ0n) is 14.0. The molecule has 0 saturated heterocycles. The molecule has 0 aromatic carbocycles. The van der Waals surface area contributed by atoms with Gasteiger partial charge in [-0.1, -0.05) is 13.3 Å². The first-order valence-corrected chi connectivity index (χ1v) is 8.37. The summed E-state index contributed by atoms with van der Waals surface area (Å²) in [6.07, 6.45) is 5.86. The highest BCUT2D eigenvalue weighted by Crippen LogP contribution is 1.94. The summed E-state index contributed by atoms with van der Waals surface area (Å²) in [5, 5.41) is 3.14. The van der Waals surface area contributed by atoms with Gasteiger partial charge in [0.15, 0.2) is 0 Å². The molecule has 0 radical (unpaired) electrons. The lowest BCUT2D eigenvalue weighted by Crippen LogP contribution is -2.12. The Morgan fingerprint density at radius 3 is 1.52 bits per heavy atom. The lowest BCUT2D eigenvalue weighted by atomic mass is 10.2. The van der Waals surface area contributed by atoms with E-state index in [4.69, 9.17) is 18.9 Å². The second kappa shape index (κ2) is 19.8. The molecule has 0 unspecified atom stereocenters. The highest BCUT2D eigenvalue weighted by molar-refractivity contribution is 4.44. The predicted octanol–water partition coefficient (Wildman–Crippen LogP) is 2.24. The Hall–Kier alpha value is -0.200. The van der Waals surface area contributed by atoms with E-state index in [2.05, 4.69) is 12.2 Å². The van der Waals surface area contributed by atoms with E-state index >= 15 is 0 Å². The molecule has 21 heavy (non-hydrogen) atoms. The minimum absolute atomic E-state index is 0.625. The average Bonchev–Trinajstić information content (AvgIpc) is 2.50. The molecule has 0 aromatic heterocycles. The molecule has 0 aliphatic heterocycles. The number of unbranched alkanes of at least 4 members (excludes halogenated alkanes) is 3. The molecule has 0 aliphatic rings. The lowest BCUT2D eigenvalue weighted by Gasteiger charge is -2.07. The number of hydrogen-bond acceptors (Lipinski definition) is 5. The Kier molecular flexibility index (Phi) is 19.6. The molecule has 0 aliphatic carbocycles. The average molecular weight is 305 g/mol. The van der Waals surface area contributed by atoms with Crippen molar-refractivity contribution >= 4 is 0 Å². The van der Waals surface area contributed by atoms with E-state index in [0.29, 0.717) is 39.6 Å². The van der Waals surface area contributed by atoms with Crippen LogP contribution in [0.25, 0.3) is 0 Å². The van der Waals surface area contributed by atoms with Crippen LogP contribution in [-0.2, 0) is 18.9 Å². The Labute approximate surface area is 130 Å². The maximum Gasteiger partial charge on any atom is 0.0701 e. The van der Waals surface area contributed by atoms with Crippen molar-refractivity contribution in [2.75, 3.05) is 66.4 Å². The van der Waals surface area contributed by atoms with Gasteiger partial charge in [0.1, 0.15) is 0 Å². The van der Waals surface area contributed by atoms with E-state index in [1.54, 1.807) is 0 Å². The molecule has 0 heterocycles. The molecule has 5 heteroatoms. The molecule has 0 bridgehead atoms. The fourth-order valence-electron chi connectivity index (χ4n) is 1.69. The lowest BCUT2D eigenvalue weighted by molar-refractivity contribution is -0.00237. The first kappa shape index (κ1) is 20.8. The third kappa shape index (κ3) is 19.8. The van der Waals surface area contributed by atoms with Crippen molar-refractivity contribution in [2.45, 2.75) is 39.0 Å². The Morgan fingerprint density at radius 2 is 1.05 bits per heavy atom. The van der Waals surface area contributed by atoms with Crippen LogP contribution in [0.15, 0.2) is 0 Å². The molecule has 5 nitrogen and oxygen atoms in total. The number of ether oxygens (including phenoxy) is 4. The van der Waals surface area contributed by atoms with Crippen LogP contribution in [0.2, 0.25) is 0 Å². The fourth-order valence-corrected chi connectivity index (χ4v) is 1.69. The van der Waals surface area contributed by atoms with E-state index in [-0.39, 0.29) is 0 Å². The van der Waals surface area contributed by atoms with Crippen LogP contribution in [0.1, 0.15) is 39.0 Å². The van der Waals surface area contributed by atoms with E-state index < -0.39 is 0 Å². The molecule has 0 spiro atoms. The van der Waals surface area contributed by atoms with Gasteiger partial charge in [-0.3, -0.25) is 0 Å². The van der Waals surface area contributed by atoms with Crippen LogP contribution >= 0.6 is 0 Å². The summed E-state index contributed by atoms with van der Waals surface area (Å²) in [7, 11) is 1.98. The van der Waals surface area contributed by atoms with Gasteiger partial charge in [0, 0.05) is 13.2 Å². The summed E-state index contributed by atoms with van der Waals surface area (Å²) in [6.45, 7) is 8.81. The monoisotopic (exact) mass is 305 g/mol. The standard InChI is InChI=1S/C16H35NO4/c1-3-4-9-18-11-13-20-15-16-21-14-12-19-10-7-5-6-8-17-2/h17H,3-16H2,1-2H3. The number of hydrogen-bond donors (Lipinski definition) is 1. The quantitative estimate of drug-likeness (QED) is 0.394. The normalized spacial score (nSPS) is 11.1. The Balaban J connectivity index is 2.90. The van der Waals surface area contributed by atoms with Crippen LogP contribution in [0.5, 0.6) is 0 Å². The van der Waals surface area contributed by atoms with Crippen molar-refractivity contribution in [3.63, 3.8) is 0 Å². The number of nitrogens with one attached hydrogen (secondary N) is 1. The van der Waals surface area contributed by atoms with E-state index in [9.17, 15) is 0 Å². The zero-order valence-corrected chi connectivity index (χ0v) is 14.0. The summed E-state index contributed by atoms with van der Waals surface area (Å²) < 4.78 is 21.7. The third-order valence-corrected chi connectivity index (χ3v) is 2.97. The second-order valence-corrected chi connectivity index (χ2v) is 4.97. The van der Waals surface area contributed by atoms with Gasteiger partial charge in [-0.2, -0.15) is 0 Å². The minimum Gasteiger partial charge on any atom is -0.379 e. The van der Waals surface area contributed by atoms with Crippen LogP contribution in [0.3, 0.4) is 0 Å². The molecule has 0 aromatic rings. The van der Waals surface area contributed by atoms with Gasteiger partial charge in [0.25, 0.3) is 0 Å². The Bertz CT molecular complexity index is 164. The Morgan fingerprint density at radius 1 is 0.571 bits per heavy atom. The largest absolute Gasteiger partial charge is 0.379 e. The van der Waals surface area contributed by atoms with Crippen molar-refractivity contribution in [2.24, 2.45) is 0 Å². The molecule has 0 rings (SSSR count). The van der Waals surface area contributed by atoms with Crippen molar-refractivity contribution in [3.05, 3.63) is 0 Å². The SMILES string of the molecule is CCCCOCCOCCOCCOCCCCCNC. The summed E-state index contributed by atoms with van der Waals surface area (Å²) in [4.78, 5) is 0. The van der Waals surface area contributed by atoms with Crippen molar-refractivity contribution < 1.29 is 18.9 Å². The topological polar surface area (TPSA) is 49.0 Å². The molecule has 128 valence electrons. The van der Waals surface area contributed by atoms with Gasteiger partial charge >= 0.3 is 0 Å². The van der Waals surface area contributed by atoms with Gasteiger partial charge < -0.3 is 24.3 Å². The second-order valence-electron chi connectivity index (χ2n) is 4.97. The first-order chi connectivity index (χ1) is 10.4. The molecule has 1 N–H and O–H groups in total. The van der Waals surface area contributed by atoms with Crippen LogP contribution in [0, 0.1) is 0 Å². The summed E-state index contributed by atoms with van der Waals surface area (Å²) in [5.41, 5.74) is 0. The maximum absolute atomic E-state index is 5.49.